The van der Waals surface area contributed by atoms with E-state index in [4.69, 9.17) is 5.84 Å². The van der Waals surface area contributed by atoms with Gasteiger partial charge in [0, 0.05) is 10.7 Å². The van der Waals surface area contributed by atoms with Crippen LogP contribution >= 0.6 is 31.9 Å². The van der Waals surface area contributed by atoms with Crippen LogP contribution < -0.4 is 16.6 Å². The molecule has 98 valence electrons. The van der Waals surface area contributed by atoms with E-state index in [9.17, 15) is 4.79 Å². The molecule has 9 heteroatoms. The van der Waals surface area contributed by atoms with Gasteiger partial charge in [0.05, 0.1) is 18.0 Å². The average Bonchev–Trinajstić information content (AvgIpc) is 2.41. The number of hydrogen-bond acceptors (Lipinski definition) is 6. The third-order valence-corrected chi connectivity index (χ3v) is 2.94. The van der Waals surface area contributed by atoms with E-state index in [1.54, 1.807) is 6.07 Å². The van der Waals surface area contributed by atoms with E-state index in [2.05, 4.69) is 57.6 Å². The fraction of sp³-hybridized carbons (Fsp3) is 0. The average molecular weight is 388 g/mol. The van der Waals surface area contributed by atoms with E-state index < -0.39 is 5.91 Å². The number of nitrogens with one attached hydrogen (secondary N) is 2. The largest absolute Gasteiger partial charge is 0.308 e. The zero-order chi connectivity index (χ0) is 13.8. The molecule has 0 atom stereocenters. The van der Waals surface area contributed by atoms with Crippen molar-refractivity contribution in [3.05, 3.63) is 39.3 Å². The number of nitrogens with zero attached hydrogens (tertiary/aromatic N) is 3. The van der Waals surface area contributed by atoms with Gasteiger partial charge in [0.2, 0.25) is 0 Å². The minimum absolute atomic E-state index is 0.269. The van der Waals surface area contributed by atoms with Crippen LogP contribution in [-0.4, -0.2) is 20.9 Å². The Morgan fingerprint density at radius 1 is 1.16 bits per heavy atom. The molecule has 7 nitrogen and oxygen atoms in total. The number of amides is 1. The minimum Gasteiger partial charge on any atom is -0.308 e. The fourth-order valence-corrected chi connectivity index (χ4v) is 1.82. The van der Waals surface area contributed by atoms with E-state index >= 15 is 0 Å². The van der Waals surface area contributed by atoms with E-state index in [0.717, 1.165) is 0 Å². The van der Waals surface area contributed by atoms with Crippen LogP contribution in [0.25, 0.3) is 0 Å². The molecule has 2 heterocycles. The first kappa shape index (κ1) is 13.8. The molecule has 0 saturated carbocycles. The molecule has 0 spiro atoms. The second-order valence-corrected chi connectivity index (χ2v) is 5.10. The quantitative estimate of drug-likeness (QED) is 0.548. The number of pyridine rings is 1. The van der Waals surface area contributed by atoms with Gasteiger partial charge in [0.25, 0.3) is 5.91 Å². The summed E-state index contributed by atoms with van der Waals surface area (Å²) in [6.07, 6.45) is 4.45. The molecule has 0 radical (unpaired) electrons. The molecular formula is C10H8Br2N6O. The molecule has 0 unspecified atom stereocenters. The van der Waals surface area contributed by atoms with Gasteiger partial charge in [-0.15, -0.1) is 0 Å². The highest BCUT2D eigenvalue weighted by Gasteiger charge is 2.13. The maximum absolute atomic E-state index is 12.1. The maximum atomic E-state index is 12.1. The van der Waals surface area contributed by atoms with Crippen LogP contribution in [0.2, 0.25) is 0 Å². The molecule has 0 fully saturated rings. The highest BCUT2D eigenvalue weighted by molar-refractivity contribution is 9.10. The van der Waals surface area contributed by atoms with Crippen molar-refractivity contribution < 1.29 is 4.79 Å². The van der Waals surface area contributed by atoms with Gasteiger partial charge in [0.1, 0.15) is 4.60 Å². The predicted molar refractivity (Wildman–Crippen MR) is 77.4 cm³/mol. The first-order valence-electron chi connectivity index (χ1n) is 5.01. The summed E-state index contributed by atoms with van der Waals surface area (Å²) in [6, 6.07) is 1.60. The number of nitrogen functional groups attached to an aromatic ring is 1. The Morgan fingerprint density at radius 2 is 1.95 bits per heavy atom. The first-order chi connectivity index (χ1) is 9.10. The summed E-state index contributed by atoms with van der Waals surface area (Å²) in [5, 5.41) is 2.60. The van der Waals surface area contributed by atoms with Crippen molar-refractivity contribution in [2.75, 3.05) is 10.7 Å². The number of rotatable bonds is 3. The normalized spacial score (nSPS) is 10.1. The number of hydrogen-bond donors (Lipinski definition) is 3. The number of carbonyl (C=O) groups is 1. The Bertz CT molecular complexity index is 603. The van der Waals surface area contributed by atoms with Gasteiger partial charge in [-0.25, -0.2) is 20.8 Å². The summed E-state index contributed by atoms with van der Waals surface area (Å²) >= 11 is 6.40. The topological polar surface area (TPSA) is 106 Å². The van der Waals surface area contributed by atoms with E-state index in [0.29, 0.717) is 20.5 Å². The Balaban J connectivity index is 2.24. The number of halogens is 2. The van der Waals surface area contributed by atoms with Crippen LogP contribution in [0.15, 0.2) is 33.7 Å². The number of aromatic nitrogens is 3. The Morgan fingerprint density at radius 3 is 2.58 bits per heavy atom. The van der Waals surface area contributed by atoms with E-state index in [1.165, 1.54) is 18.6 Å². The zero-order valence-electron chi connectivity index (χ0n) is 9.39. The van der Waals surface area contributed by atoms with Crippen LogP contribution in [0.3, 0.4) is 0 Å². The summed E-state index contributed by atoms with van der Waals surface area (Å²) in [6.45, 7) is 0. The summed E-state index contributed by atoms with van der Waals surface area (Å²) in [5.41, 5.74) is 2.66. The van der Waals surface area contributed by atoms with Crippen molar-refractivity contribution >= 4 is 49.4 Å². The smallest absolute Gasteiger partial charge is 0.260 e. The lowest BCUT2D eigenvalue weighted by Gasteiger charge is -2.08. The third-order valence-electron chi connectivity index (χ3n) is 2.10. The molecule has 2 aromatic rings. The predicted octanol–water partition coefficient (Wildman–Crippen LogP) is 1.93. The molecule has 2 aromatic heterocycles. The van der Waals surface area contributed by atoms with Crippen molar-refractivity contribution in [1.82, 2.24) is 15.0 Å². The summed E-state index contributed by atoms with van der Waals surface area (Å²) in [4.78, 5) is 24.0. The lowest BCUT2D eigenvalue weighted by molar-refractivity contribution is 0.102. The van der Waals surface area contributed by atoms with E-state index in [-0.39, 0.29) is 5.82 Å². The molecule has 19 heavy (non-hydrogen) atoms. The highest BCUT2D eigenvalue weighted by Crippen LogP contribution is 2.18. The molecule has 0 saturated heterocycles. The molecule has 0 aliphatic heterocycles. The van der Waals surface area contributed by atoms with Gasteiger partial charge in [0.15, 0.2) is 11.6 Å². The zero-order valence-corrected chi connectivity index (χ0v) is 12.6. The van der Waals surface area contributed by atoms with Crippen LogP contribution in [0.5, 0.6) is 0 Å². The van der Waals surface area contributed by atoms with Gasteiger partial charge in [-0.3, -0.25) is 4.79 Å². The first-order valence-corrected chi connectivity index (χ1v) is 6.60. The Kier molecular flexibility index (Phi) is 4.40. The lowest BCUT2D eigenvalue weighted by Crippen LogP contribution is -2.19. The third kappa shape index (κ3) is 3.46. The summed E-state index contributed by atoms with van der Waals surface area (Å²) in [7, 11) is 0. The molecule has 4 N–H and O–H groups in total. The Labute approximate surface area is 125 Å². The summed E-state index contributed by atoms with van der Waals surface area (Å²) < 4.78 is 1.25. The van der Waals surface area contributed by atoms with Gasteiger partial charge < -0.3 is 10.7 Å². The molecule has 0 bridgehead atoms. The highest BCUT2D eigenvalue weighted by atomic mass is 79.9. The van der Waals surface area contributed by atoms with Gasteiger partial charge in [-0.05, 0) is 37.9 Å². The van der Waals surface area contributed by atoms with Crippen molar-refractivity contribution in [1.29, 1.82) is 0 Å². The second-order valence-electron chi connectivity index (χ2n) is 3.37. The summed E-state index contributed by atoms with van der Waals surface area (Å²) in [5.74, 6) is 5.52. The van der Waals surface area contributed by atoms with Crippen molar-refractivity contribution in [3.8, 4) is 0 Å². The second kappa shape index (κ2) is 6.04. The van der Waals surface area contributed by atoms with Gasteiger partial charge in [-0.2, -0.15) is 0 Å². The van der Waals surface area contributed by atoms with Crippen molar-refractivity contribution in [2.45, 2.75) is 0 Å². The van der Waals surface area contributed by atoms with Crippen LogP contribution in [-0.2, 0) is 0 Å². The minimum atomic E-state index is -0.390. The van der Waals surface area contributed by atoms with Gasteiger partial charge >= 0.3 is 0 Å². The van der Waals surface area contributed by atoms with Crippen molar-refractivity contribution in [3.63, 3.8) is 0 Å². The standard InChI is InChI=1S/C10H8Br2N6O/c11-5-1-6(9(18-13)16-2-5)10(19)17-8-4-14-7(12)3-15-8/h1-4H,13H2,(H,16,18)(H,15,17,19). The van der Waals surface area contributed by atoms with Crippen molar-refractivity contribution in [2.24, 2.45) is 5.84 Å². The number of hydrazine groups is 1. The van der Waals surface area contributed by atoms with Crippen LogP contribution in [0, 0.1) is 0 Å². The Hall–Kier alpha value is -1.58. The lowest BCUT2D eigenvalue weighted by atomic mass is 10.2. The number of carbonyl (C=O) groups excluding carboxylic acids is 1. The molecule has 0 aliphatic rings. The molecule has 1 amide bonds. The monoisotopic (exact) mass is 386 g/mol. The van der Waals surface area contributed by atoms with Crippen LogP contribution in [0.4, 0.5) is 11.6 Å². The maximum Gasteiger partial charge on any atom is 0.260 e. The molecule has 2 rings (SSSR count). The molecular weight excluding hydrogens is 380 g/mol. The SMILES string of the molecule is NNc1ncc(Br)cc1C(=O)Nc1cnc(Br)cn1. The number of anilines is 2. The van der Waals surface area contributed by atoms with Gasteiger partial charge in [-0.1, -0.05) is 0 Å². The van der Waals surface area contributed by atoms with Crippen LogP contribution in [0.1, 0.15) is 10.4 Å². The number of nitrogens with two attached hydrogens (primary N) is 1. The van der Waals surface area contributed by atoms with E-state index in [1.807, 2.05) is 0 Å². The molecule has 0 aromatic carbocycles. The fourth-order valence-electron chi connectivity index (χ4n) is 1.29. The molecule has 0 aliphatic carbocycles.